The number of aryl methyl sites for hydroxylation is 1. The van der Waals surface area contributed by atoms with Gasteiger partial charge in [0.05, 0.1) is 12.7 Å². The van der Waals surface area contributed by atoms with Crippen LogP contribution in [0.2, 0.25) is 0 Å². The topological polar surface area (TPSA) is 84.7 Å². The predicted octanol–water partition coefficient (Wildman–Crippen LogP) is 2.87. The Kier molecular flexibility index (Phi) is 5.46. The number of aromatic nitrogens is 1. The Balaban J connectivity index is 2.21. The summed E-state index contributed by atoms with van der Waals surface area (Å²) in [7, 11) is 1.51. The first kappa shape index (κ1) is 18.5. The largest absolute Gasteiger partial charge is 0.496 e. The molecule has 1 aromatic carbocycles. The lowest BCUT2D eigenvalue weighted by Gasteiger charge is -2.35. The molecular weight excluding hydrogens is 322 g/mol. The van der Waals surface area contributed by atoms with E-state index < -0.39 is 5.54 Å². The number of rotatable bonds is 5. The van der Waals surface area contributed by atoms with Gasteiger partial charge in [0, 0.05) is 11.6 Å². The zero-order valence-electron chi connectivity index (χ0n) is 15.1. The molecule has 134 valence electrons. The van der Waals surface area contributed by atoms with Crippen molar-refractivity contribution >= 4 is 17.6 Å². The van der Waals surface area contributed by atoms with Crippen LogP contribution in [0.5, 0.6) is 5.75 Å². The van der Waals surface area contributed by atoms with Crippen LogP contribution >= 0.6 is 0 Å². The fourth-order valence-corrected chi connectivity index (χ4v) is 2.33. The summed E-state index contributed by atoms with van der Waals surface area (Å²) in [6, 6.07) is 8.55. The molecule has 0 aliphatic heterocycles. The predicted molar refractivity (Wildman–Crippen MR) is 93.7 cm³/mol. The van der Waals surface area contributed by atoms with Crippen LogP contribution in [0.15, 0.2) is 34.9 Å². The van der Waals surface area contributed by atoms with Crippen molar-refractivity contribution in [1.82, 2.24) is 10.1 Å². The first-order chi connectivity index (χ1) is 11.7. The third kappa shape index (κ3) is 4.59. The molecule has 0 fully saturated rings. The summed E-state index contributed by atoms with van der Waals surface area (Å²) in [4.78, 5) is 26.8. The van der Waals surface area contributed by atoms with Gasteiger partial charge in [-0.3, -0.25) is 9.59 Å². The van der Waals surface area contributed by atoms with Gasteiger partial charge in [0.1, 0.15) is 18.1 Å². The van der Waals surface area contributed by atoms with E-state index in [0.29, 0.717) is 22.9 Å². The Bertz CT molecular complexity index is 762. The van der Waals surface area contributed by atoms with E-state index in [9.17, 15) is 9.59 Å². The molecule has 0 aliphatic rings. The van der Waals surface area contributed by atoms with Gasteiger partial charge in [-0.1, -0.05) is 17.3 Å². The average Bonchev–Trinajstić information content (AvgIpc) is 2.95. The number of amides is 2. The fraction of sp³-hybridized carbons (Fsp3) is 0.389. The van der Waals surface area contributed by atoms with Gasteiger partial charge in [0.15, 0.2) is 5.82 Å². The van der Waals surface area contributed by atoms with Crippen LogP contribution in [0.4, 0.5) is 5.82 Å². The number of nitrogens with zero attached hydrogens (tertiary/aromatic N) is 2. The summed E-state index contributed by atoms with van der Waals surface area (Å²) < 4.78 is 10.2. The molecule has 1 N–H and O–H groups in total. The van der Waals surface area contributed by atoms with Crippen LogP contribution in [0, 0.1) is 6.92 Å². The van der Waals surface area contributed by atoms with Crippen LogP contribution < -0.4 is 10.1 Å². The van der Waals surface area contributed by atoms with E-state index >= 15 is 0 Å². The number of anilines is 1. The van der Waals surface area contributed by atoms with Crippen LogP contribution in [0.1, 0.15) is 36.9 Å². The lowest BCUT2D eigenvalue weighted by atomic mass is 10.0. The van der Waals surface area contributed by atoms with E-state index in [0.717, 1.165) is 0 Å². The second kappa shape index (κ2) is 7.38. The van der Waals surface area contributed by atoms with Gasteiger partial charge in [-0.05, 0) is 39.8 Å². The fourth-order valence-electron chi connectivity index (χ4n) is 2.33. The van der Waals surface area contributed by atoms with Gasteiger partial charge < -0.3 is 19.5 Å². The highest BCUT2D eigenvalue weighted by molar-refractivity contribution is 6.01. The van der Waals surface area contributed by atoms with Gasteiger partial charge >= 0.3 is 0 Å². The molecular formula is C18H23N3O4. The van der Waals surface area contributed by atoms with Crippen LogP contribution in [-0.2, 0) is 4.79 Å². The maximum absolute atomic E-state index is 13.0. The quantitative estimate of drug-likeness (QED) is 0.901. The number of methoxy groups -OCH3 is 1. The first-order valence-electron chi connectivity index (χ1n) is 7.90. The van der Waals surface area contributed by atoms with Crippen molar-refractivity contribution in [2.24, 2.45) is 0 Å². The van der Waals surface area contributed by atoms with Crippen molar-refractivity contribution in [1.29, 1.82) is 0 Å². The van der Waals surface area contributed by atoms with Gasteiger partial charge in [0.25, 0.3) is 5.91 Å². The second-order valence-electron chi connectivity index (χ2n) is 6.63. The minimum absolute atomic E-state index is 0.119. The van der Waals surface area contributed by atoms with Gasteiger partial charge in [-0.15, -0.1) is 0 Å². The normalized spacial score (nSPS) is 11.1. The average molecular weight is 345 g/mol. The molecule has 0 saturated carbocycles. The number of carbonyl (C=O) groups excluding carboxylic acids is 2. The Morgan fingerprint density at radius 2 is 1.96 bits per heavy atom. The molecule has 0 bridgehead atoms. The molecule has 7 nitrogen and oxygen atoms in total. The molecule has 2 aromatic rings. The molecule has 1 heterocycles. The Labute approximate surface area is 146 Å². The zero-order valence-corrected chi connectivity index (χ0v) is 15.1. The van der Waals surface area contributed by atoms with E-state index in [1.165, 1.54) is 12.0 Å². The summed E-state index contributed by atoms with van der Waals surface area (Å²) in [5, 5.41) is 6.36. The molecule has 0 atom stereocenters. The van der Waals surface area contributed by atoms with Crippen molar-refractivity contribution in [3.05, 3.63) is 41.7 Å². The number of nitrogens with one attached hydrogen (secondary N) is 1. The minimum Gasteiger partial charge on any atom is -0.496 e. The van der Waals surface area contributed by atoms with Crippen molar-refractivity contribution in [2.45, 2.75) is 33.2 Å². The van der Waals surface area contributed by atoms with Gasteiger partial charge in [-0.2, -0.15) is 0 Å². The minimum atomic E-state index is -0.560. The Morgan fingerprint density at radius 1 is 1.28 bits per heavy atom. The Hall–Kier alpha value is -2.83. The lowest BCUT2D eigenvalue weighted by Crippen LogP contribution is -2.49. The van der Waals surface area contributed by atoms with Crippen molar-refractivity contribution < 1.29 is 18.8 Å². The lowest BCUT2D eigenvalue weighted by molar-refractivity contribution is -0.117. The molecule has 0 spiro atoms. The monoisotopic (exact) mass is 345 g/mol. The molecule has 0 unspecified atom stereocenters. The maximum atomic E-state index is 13.0. The number of hydrogen-bond acceptors (Lipinski definition) is 5. The highest BCUT2D eigenvalue weighted by Crippen LogP contribution is 2.23. The number of para-hydroxylation sites is 1. The highest BCUT2D eigenvalue weighted by atomic mass is 16.5. The number of benzene rings is 1. The van der Waals surface area contributed by atoms with E-state index in [4.69, 9.17) is 9.26 Å². The molecule has 0 radical (unpaired) electrons. The van der Waals surface area contributed by atoms with Gasteiger partial charge in [0.2, 0.25) is 5.91 Å². The molecule has 2 rings (SSSR count). The van der Waals surface area contributed by atoms with E-state index in [-0.39, 0.29) is 18.4 Å². The smallest absolute Gasteiger partial charge is 0.258 e. The summed E-state index contributed by atoms with van der Waals surface area (Å²) in [6.45, 7) is 7.22. The molecule has 0 aliphatic carbocycles. The summed E-state index contributed by atoms with van der Waals surface area (Å²) in [5.74, 6) is 0.742. The standard InChI is InChI=1S/C18H23N3O4/c1-12-10-15(20-25-12)19-16(22)11-21(18(2,3)4)17(23)13-8-6-7-9-14(13)24-5/h6-10H,11H2,1-5H3,(H,19,20,22). The highest BCUT2D eigenvalue weighted by Gasteiger charge is 2.31. The van der Waals surface area contributed by atoms with Crippen LogP contribution in [-0.4, -0.2) is 41.1 Å². The molecule has 0 saturated heterocycles. The zero-order chi connectivity index (χ0) is 18.6. The Morgan fingerprint density at radius 3 is 2.52 bits per heavy atom. The van der Waals surface area contributed by atoms with Crippen molar-refractivity contribution in [3.8, 4) is 5.75 Å². The molecule has 2 amide bonds. The van der Waals surface area contributed by atoms with Crippen molar-refractivity contribution in [2.75, 3.05) is 19.0 Å². The van der Waals surface area contributed by atoms with Crippen LogP contribution in [0.3, 0.4) is 0 Å². The van der Waals surface area contributed by atoms with Crippen molar-refractivity contribution in [3.63, 3.8) is 0 Å². The number of ether oxygens (including phenoxy) is 1. The summed E-state index contributed by atoms with van der Waals surface area (Å²) in [6.07, 6.45) is 0. The van der Waals surface area contributed by atoms with Crippen LogP contribution in [0.25, 0.3) is 0 Å². The SMILES string of the molecule is COc1ccccc1C(=O)N(CC(=O)Nc1cc(C)on1)C(C)(C)C. The number of hydrogen-bond donors (Lipinski definition) is 1. The van der Waals surface area contributed by atoms with E-state index in [2.05, 4.69) is 10.5 Å². The third-order valence-electron chi connectivity index (χ3n) is 3.59. The van der Waals surface area contributed by atoms with E-state index in [1.54, 1.807) is 37.3 Å². The molecule has 1 aromatic heterocycles. The van der Waals surface area contributed by atoms with E-state index in [1.807, 2.05) is 20.8 Å². The summed E-state index contributed by atoms with van der Waals surface area (Å²) in [5.41, 5.74) is -0.153. The maximum Gasteiger partial charge on any atom is 0.258 e. The number of carbonyl (C=O) groups is 2. The second-order valence-corrected chi connectivity index (χ2v) is 6.63. The van der Waals surface area contributed by atoms with Gasteiger partial charge in [-0.25, -0.2) is 0 Å². The first-order valence-corrected chi connectivity index (χ1v) is 7.90. The molecule has 7 heteroatoms. The third-order valence-corrected chi connectivity index (χ3v) is 3.59. The summed E-state index contributed by atoms with van der Waals surface area (Å²) >= 11 is 0. The molecule has 25 heavy (non-hydrogen) atoms.